The Morgan fingerprint density at radius 3 is 2.82 bits per heavy atom. The Kier molecular flexibility index (Phi) is 7.16. The zero-order chi connectivity index (χ0) is 19.8. The Balaban J connectivity index is 1.58. The first-order valence-corrected chi connectivity index (χ1v) is 9.56. The molecule has 3 rings (SSSR count). The van der Waals surface area contributed by atoms with E-state index in [1.54, 1.807) is 12.3 Å². The Morgan fingerprint density at radius 1 is 1.25 bits per heavy atom. The van der Waals surface area contributed by atoms with Gasteiger partial charge in [0.05, 0.1) is 25.0 Å². The number of carbonyl (C=O) groups excluding carboxylic acids is 1. The molecule has 1 aliphatic heterocycles. The van der Waals surface area contributed by atoms with E-state index in [1.165, 1.54) is 0 Å². The Bertz CT molecular complexity index is 778. The highest BCUT2D eigenvalue weighted by atomic mass is 16.5. The molecular formula is C20H27N5O3. The molecule has 1 aliphatic rings. The van der Waals surface area contributed by atoms with Crippen LogP contribution >= 0.6 is 0 Å². The van der Waals surface area contributed by atoms with Gasteiger partial charge in [-0.3, -0.25) is 9.69 Å². The number of nitrogens with one attached hydrogen (secondary N) is 2. The summed E-state index contributed by atoms with van der Waals surface area (Å²) in [7, 11) is 0. The van der Waals surface area contributed by atoms with Gasteiger partial charge in [0.1, 0.15) is 11.4 Å². The number of nitrogens with zero attached hydrogens (tertiary/aromatic N) is 3. The van der Waals surface area contributed by atoms with Gasteiger partial charge in [-0.15, -0.1) is 0 Å². The minimum absolute atomic E-state index is 0.0486. The summed E-state index contributed by atoms with van der Waals surface area (Å²) in [5, 5.41) is 6.04. The van der Waals surface area contributed by atoms with Crippen molar-refractivity contribution >= 4 is 17.5 Å². The number of carbonyl (C=O) groups is 1. The zero-order valence-electron chi connectivity index (χ0n) is 16.4. The molecule has 0 atom stereocenters. The molecular weight excluding hydrogens is 358 g/mol. The van der Waals surface area contributed by atoms with Gasteiger partial charge in [0, 0.05) is 32.4 Å². The van der Waals surface area contributed by atoms with Gasteiger partial charge in [-0.25, -0.2) is 9.97 Å². The third kappa shape index (κ3) is 5.90. The van der Waals surface area contributed by atoms with Gasteiger partial charge in [-0.2, -0.15) is 0 Å². The number of para-hydroxylation sites is 2. The van der Waals surface area contributed by atoms with E-state index in [4.69, 9.17) is 9.47 Å². The second-order valence-corrected chi connectivity index (χ2v) is 6.76. The molecule has 1 amide bonds. The van der Waals surface area contributed by atoms with Crippen LogP contribution in [0.15, 0.2) is 36.5 Å². The molecule has 0 spiro atoms. The van der Waals surface area contributed by atoms with E-state index >= 15 is 0 Å². The number of aromatic nitrogens is 2. The molecule has 1 aromatic carbocycles. The van der Waals surface area contributed by atoms with Crippen LogP contribution < -0.4 is 15.4 Å². The van der Waals surface area contributed by atoms with E-state index in [1.807, 2.05) is 38.1 Å². The maximum Gasteiger partial charge on any atom is 0.270 e. The van der Waals surface area contributed by atoms with Crippen LogP contribution in [-0.4, -0.2) is 66.3 Å². The number of amides is 1. The average Bonchev–Trinajstić information content (AvgIpc) is 2.70. The fourth-order valence-corrected chi connectivity index (χ4v) is 2.84. The van der Waals surface area contributed by atoms with Crippen LogP contribution in [0.1, 0.15) is 24.3 Å². The molecule has 0 saturated carbocycles. The number of anilines is 2. The largest absolute Gasteiger partial charge is 0.489 e. The number of morpholine rings is 1. The van der Waals surface area contributed by atoms with Gasteiger partial charge in [0.15, 0.2) is 0 Å². The predicted molar refractivity (Wildman–Crippen MR) is 107 cm³/mol. The van der Waals surface area contributed by atoms with Crippen molar-refractivity contribution in [2.75, 3.05) is 44.7 Å². The van der Waals surface area contributed by atoms with Crippen molar-refractivity contribution in [3.05, 3.63) is 42.2 Å². The predicted octanol–water partition coefficient (Wildman–Crippen LogP) is 2.07. The lowest BCUT2D eigenvalue weighted by Crippen LogP contribution is -2.41. The lowest BCUT2D eigenvalue weighted by Gasteiger charge is -2.26. The van der Waals surface area contributed by atoms with Crippen molar-refractivity contribution < 1.29 is 14.3 Å². The second kappa shape index (κ2) is 10.0. The van der Waals surface area contributed by atoms with Gasteiger partial charge in [0.2, 0.25) is 5.95 Å². The molecule has 2 N–H and O–H groups in total. The lowest BCUT2D eigenvalue weighted by atomic mass is 10.3. The number of hydrogen-bond donors (Lipinski definition) is 2. The van der Waals surface area contributed by atoms with Gasteiger partial charge in [-0.05, 0) is 32.0 Å². The summed E-state index contributed by atoms with van der Waals surface area (Å²) in [6, 6.07) is 9.17. The van der Waals surface area contributed by atoms with Crippen molar-refractivity contribution in [1.29, 1.82) is 0 Å². The molecule has 8 nitrogen and oxygen atoms in total. The van der Waals surface area contributed by atoms with Crippen LogP contribution in [-0.2, 0) is 4.74 Å². The van der Waals surface area contributed by atoms with Gasteiger partial charge in [-0.1, -0.05) is 12.1 Å². The van der Waals surface area contributed by atoms with E-state index in [0.29, 0.717) is 23.9 Å². The summed E-state index contributed by atoms with van der Waals surface area (Å²) in [6.07, 6.45) is 1.62. The monoisotopic (exact) mass is 385 g/mol. The first-order chi connectivity index (χ1) is 13.6. The lowest BCUT2D eigenvalue weighted by molar-refractivity contribution is 0.0383. The maximum atomic E-state index is 12.4. The molecule has 150 valence electrons. The number of ether oxygens (including phenoxy) is 2. The fraction of sp³-hybridized carbons (Fsp3) is 0.450. The first-order valence-electron chi connectivity index (χ1n) is 9.56. The fourth-order valence-electron chi connectivity index (χ4n) is 2.84. The zero-order valence-corrected chi connectivity index (χ0v) is 16.4. The summed E-state index contributed by atoms with van der Waals surface area (Å²) >= 11 is 0. The Labute approximate surface area is 165 Å². The molecule has 2 aromatic rings. The van der Waals surface area contributed by atoms with E-state index < -0.39 is 0 Å². The van der Waals surface area contributed by atoms with Crippen LogP contribution in [0.5, 0.6) is 5.75 Å². The summed E-state index contributed by atoms with van der Waals surface area (Å²) in [5.74, 6) is 0.840. The molecule has 8 heteroatoms. The minimum atomic E-state index is -0.217. The highest BCUT2D eigenvalue weighted by Crippen LogP contribution is 2.26. The van der Waals surface area contributed by atoms with Crippen LogP contribution in [0, 0.1) is 0 Å². The summed E-state index contributed by atoms with van der Waals surface area (Å²) in [4.78, 5) is 23.2. The second-order valence-electron chi connectivity index (χ2n) is 6.76. The van der Waals surface area contributed by atoms with Gasteiger partial charge in [0.25, 0.3) is 5.91 Å². The quantitative estimate of drug-likeness (QED) is 0.719. The molecule has 0 radical (unpaired) electrons. The van der Waals surface area contributed by atoms with E-state index in [0.717, 1.165) is 38.5 Å². The Hall–Kier alpha value is -2.71. The maximum absolute atomic E-state index is 12.4. The molecule has 0 unspecified atom stereocenters. The summed E-state index contributed by atoms with van der Waals surface area (Å²) in [5.41, 5.74) is 1.07. The highest BCUT2D eigenvalue weighted by Gasteiger charge is 2.13. The molecule has 2 heterocycles. The SMILES string of the molecule is CC(C)Oc1ccccc1Nc1nccc(C(=O)NCCN2CCOCC2)n1. The highest BCUT2D eigenvalue weighted by molar-refractivity contribution is 5.92. The molecule has 0 bridgehead atoms. The summed E-state index contributed by atoms with van der Waals surface area (Å²) in [6.45, 7) is 8.59. The number of benzene rings is 1. The van der Waals surface area contributed by atoms with Crippen molar-refractivity contribution in [2.45, 2.75) is 20.0 Å². The number of rotatable bonds is 8. The molecule has 1 saturated heterocycles. The molecule has 1 aromatic heterocycles. The van der Waals surface area contributed by atoms with E-state index in [-0.39, 0.29) is 12.0 Å². The third-order valence-corrected chi connectivity index (χ3v) is 4.20. The van der Waals surface area contributed by atoms with Crippen molar-refractivity contribution in [1.82, 2.24) is 20.2 Å². The van der Waals surface area contributed by atoms with Crippen LogP contribution in [0.2, 0.25) is 0 Å². The summed E-state index contributed by atoms with van der Waals surface area (Å²) < 4.78 is 11.1. The van der Waals surface area contributed by atoms with Gasteiger partial charge < -0.3 is 20.1 Å². The van der Waals surface area contributed by atoms with Crippen LogP contribution in [0.3, 0.4) is 0 Å². The van der Waals surface area contributed by atoms with Crippen molar-refractivity contribution in [3.63, 3.8) is 0 Å². The van der Waals surface area contributed by atoms with Crippen molar-refractivity contribution in [3.8, 4) is 5.75 Å². The molecule has 28 heavy (non-hydrogen) atoms. The van der Waals surface area contributed by atoms with E-state index in [2.05, 4.69) is 25.5 Å². The minimum Gasteiger partial charge on any atom is -0.489 e. The van der Waals surface area contributed by atoms with Gasteiger partial charge >= 0.3 is 0 Å². The topological polar surface area (TPSA) is 88.6 Å². The third-order valence-electron chi connectivity index (χ3n) is 4.20. The Morgan fingerprint density at radius 2 is 2.04 bits per heavy atom. The average molecular weight is 385 g/mol. The van der Waals surface area contributed by atoms with E-state index in [9.17, 15) is 4.79 Å². The first kappa shape index (κ1) is 20.0. The molecule has 0 aliphatic carbocycles. The smallest absolute Gasteiger partial charge is 0.270 e. The van der Waals surface area contributed by atoms with Crippen LogP contribution in [0.4, 0.5) is 11.6 Å². The standard InChI is InChI=1S/C20H27N5O3/c1-15(2)28-18-6-4-3-5-16(18)23-20-22-8-7-17(24-20)19(26)21-9-10-25-11-13-27-14-12-25/h3-8,15H,9-14H2,1-2H3,(H,21,26)(H,22,23,24). The normalized spacial score (nSPS) is 14.7. The molecule has 1 fully saturated rings. The van der Waals surface area contributed by atoms with Crippen LogP contribution in [0.25, 0.3) is 0 Å². The number of hydrogen-bond acceptors (Lipinski definition) is 7. The van der Waals surface area contributed by atoms with Crippen molar-refractivity contribution in [2.24, 2.45) is 0 Å².